The first-order chi connectivity index (χ1) is 8.92. The molecule has 1 saturated heterocycles. The second kappa shape index (κ2) is 8.22. The van der Waals surface area contributed by atoms with E-state index in [1.807, 2.05) is 0 Å². The fourth-order valence-corrected chi connectivity index (χ4v) is 3.37. The number of nitrogens with one attached hydrogen (secondary N) is 2. The molecule has 0 radical (unpaired) electrons. The van der Waals surface area contributed by atoms with Crippen LogP contribution in [0.15, 0.2) is 0 Å². The van der Waals surface area contributed by atoms with Crippen molar-refractivity contribution >= 4 is 9.84 Å². The Balaban J connectivity index is 2.22. The van der Waals surface area contributed by atoms with Crippen LogP contribution in [0.1, 0.15) is 52.9 Å². The van der Waals surface area contributed by atoms with E-state index in [0.717, 1.165) is 13.0 Å². The van der Waals surface area contributed by atoms with Crippen LogP contribution in [0.5, 0.6) is 0 Å². The van der Waals surface area contributed by atoms with Crippen molar-refractivity contribution in [2.75, 3.05) is 18.8 Å². The van der Waals surface area contributed by atoms with E-state index in [-0.39, 0.29) is 11.0 Å². The molecule has 5 heteroatoms. The molecule has 1 fully saturated rings. The lowest BCUT2D eigenvalue weighted by atomic mass is 10.0. The molecule has 19 heavy (non-hydrogen) atoms. The van der Waals surface area contributed by atoms with Gasteiger partial charge in [-0.2, -0.15) is 0 Å². The van der Waals surface area contributed by atoms with Gasteiger partial charge in [-0.25, -0.2) is 8.42 Å². The zero-order valence-corrected chi connectivity index (χ0v) is 13.4. The molecule has 114 valence electrons. The highest BCUT2D eigenvalue weighted by Crippen LogP contribution is 2.12. The molecule has 0 aromatic rings. The molecule has 0 aromatic carbocycles. The minimum atomic E-state index is -2.91. The van der Waals surface area contributed by atoms with Crippen molar-refractivity contribution in [3.63, 3.8) is 0 Å². The first-order valence-electron chi connectivity index (χ1n) is 7.60. The molecular formula is C14H30N2O2S. The Hall–Kier alpha value is -0.130. The quantitative estimate of drug-likeness (QED) is 0.749. The molecule has 0 aromatic heterocycles. The van der Waals surface area contributed by atoms with Gasteiger partial charge in [0.05, 0.1) is 11.0 Å². The Morgan fingerprint density at radius 1 is 1.21 bits per heavy atom. The third kappa shape index (κ3) is 6.72. The van der Waals surface area contributed by atoms with Crippen molar-refractivity contribution in [2.24, 2.45) is 0 Å². The van der Waals surface area contributed by atoms with Gasteiger partial charge in [0, 0.05) is 18.6 Å². The van der Waals surface area contributed by atoms with Crippen molar-refractivity contribution in [3.05, 3.63) is 0 Å². The molecule has 1 aliphatic rings. The van der Waals surface area contributed by atoms with E-state index in [1.54, 1.807) is 13.8 Å². The molecule has 0 bridgehead atoms. The molecule has 2 N–H and O–H groups in total. The van der Waals surface area contributed by atoms with Crippen LogP contribution < -0.4 is 10.6 Å². The van der Waals surface area contributed by atoms with Gasteiger partial charge in [-0.3, -0.25) is 0 Å². The van der Waals surface area contributed by atoms with E-state index in [0.29, 0.717) is 18.6 Å². The average Bonchev–Trinajstić information content (AvgIpc) is 2.57. The van der Waals surface area contributed by atoms with Crippen molar-refractivity contribution in [1.29, 1.82) is 0 Å². The van der Waals surface area contributed by atoms with Gasteiger partial charge in [-0.05, 0) is 46.6 Å². The Kier molecular flexibility index (Phi) is 7.32. The van der Waals surface area contributed by atoms with Crippen LogP contribution in [0, 0.1) is 0 Å². The normalized spacial score (nSPS) is 23.3. The van der Waals surface area contributed by atoms with E-state index >= 15 is 0 Å². The molecule has 1 heterocycles. The molecule has 2 unspecified atom stereocenters. The SMILES string of the molecule is CC(CC1CCCCCN1)NCCS(=O)(=O)C(C)C. The lowest BCUT2D eigenvalue weighted by molar-refractivity contribution is 0.408. The monoisotopic (exact) mass is 290 g/mol. The lowest BCUT2D eigenvalue weighted by Gasteiger charge is -2.21. The largest absolute Gasteiger partial charge is 0.314 e. The van der Waals surface area contributed by atoms with Gasteiger partial charge in [0.25, 0.3) is 0 Å². The maximum absolute atomic E-state index is 11.7. The highest BCUT2D eigenvalue weighted by Gasteiger charge is 2.17. The summed E-state index contributed by atoms with van der Waals surface area (Å²) in [4.78, 5) is 0. The standard InChI is InChI=1S/C14H30N2O2S/c1-12(2)19(17,18)10-9-15-13(3)11-14-7-5-4-6-8-16-14/h12-16H,4-11H2,1-3H3. The second-order valence-electron chi connectivity index (χ2n) is 6.01. The summed E-state index contributed by atoms with van der Waals surface area (Å²) in [5, 5.41) is 6.65. The smallest absolute Gasteiger partial charge is 0.153 e. The van der Waals surface area contributed by atoms with Crippen molar-refractivity contribution in [3.8, 4) is 0 Å². The van der Waals surface area contributed by atoms with Gasteiger partial charge in [0.1, 0.15) is 0 Å². The summed E-state index contributed by atoms with van der Waals surface area (Å²) in [6.45, 7) is 7.32. The first-order valence-corrected chi connectivity index (χ1v) is 9.31. The van der Waals surface area contributed by atoms with Crippen molar-refractivity contribution < 1.29 is 8.42 Å². The molecule has 0 aliphatic carbocycles. The predicted octanol–water partition coefficient (Wildman–Crippen LogP) is 1.71. The number of sulfone groups is 1. The van der Waals surface area contributed by atoms with E-state index < -0.39 is 9.84 Å². The van der Waals surface area contributed by atoms with E-state index in [9.17, 15) is 8.42 Å². The molecule has 0 amide bonds. The molecule has 1 aliphatic heterocycles. The summed E-state index contributed by atoms with van der Waals surface area (Å²) < 4.78 is 23.4. The molecule has 0 saturated carbocycles. The van der Waals surface area contributed by atoms with Crippen LogP contribution in [-0.4, -0.2) is 44.6 Å². The zero-order valence-electron chi connectivity index (χ0n) is 12.6. The Bertz CT molecular complexity index is 333. The Labute approximate surface area is 118 Å². The summed E-state index contributed by atoms with van der Waals surface area (Å²) >= 11 is 0. The van der Waals surface area contributed by atoms with Gasteiger partial charge in [0.15, 0.2) is 9.84 Å². The maximum Gasteiger partial charge on any atom is 0.153 e. The number of rotatable bonds is 7. The summed E-state index contributed by atoms with van der Waals surface area (Å²) in [7, 11) is -2.91. The Morgan fingerprint density at radius 2 is 1.95 bits per heavy atom. The van der Waals surface area contributed by atoms with Gasteiger partial charge in [-0.1, -0.05) is 12.8 Å². The van der Waals surface area contributed by atoms with E-state index in [1.165, 1.54) is 25.7 Å². The summed E-state index contributed by atoms with van der Waals surface area (Å²) in [5.74, 6) is 0.243. The van der Waals surface area contributed by atoms with Crippen LogP contribution in [0.4, 0.5) is 0 Å². The zero-order chi connectivity index (χ0) is 14.3. The van der Waals surface area contributed by atoms with Crippen LogP contribution in [0.3, 0.4) is 0 Å². The first kappa shape index (κ1) is 16.9. The Morgan fingerprint density at radius 3 is 2.63 bits per heavy atom. The minimum absolute atomic E-state index is 0.243. The summed E-state index contributed by atoms with van der Waals surface area (Å²) in [5.41, 5.74) is 0. The topological polar surface area (TPSA) is 58.2 Å². The van der Waals surface area contributed by atoms with Gasteiger partial charge < -0.3 is 10.6 Å². The van der Waals surface area contributed by atoms with E-state index in [4.69, 9.17) is 0 Å². The molecule has 2 atom stereocenters. The summed E-state index contributed by atoms with van der Waals surface area (Å²) in [6.07, 6.45) is 6.26. The van der Waals surface area contributed by atoms with E-state index in [2.05, 4.69) is 17.6 Å². The lowest BCUT2D eigenvalue weighted by Crippen LogP contribution is -2.39. The molecule has 0 spiro atoms. The van der Waals surface area contributed by atoms with Crippen LogP contribution in [-0.2, 0) is 9.84 Å². The molecule has 1 rings (SSSR count). The minimum Gasteiger partial charge on any atom is -0.314 e. The predicted molar refractivity (Wildman–Crippen MR) is 81.3 cm³/mol. The highest BCUT2D eigenvalue weighted by atomic mass is 32.2. The fourth-order valence-electron chi connectivity index (χ4n) is 2.50. The molecule has 4 nitrogen and oxygen atoms in total. The maximum atomic E-state index is 11.7. The van der Waals surface area contributed by atoms with Crippen LogP contribution in [0.2, 0.25) is 0 Å². The number of hydrogen-bond donors (Lipinski definition) is 2. The van der Waals surface area contributed by atoms with Crippen molar-refractivity contribution in [1.82, 2.24) is 10.6 Å². The van der Waals surface area contributed by atoms with Gasteiger partial charge in [-0.15, -0.1) is 0 Å². The third-order valence-corrected chi connectivity index (χ3v) is 6.11. The second-order valence-corrected chi connectivity index (χ2v) is 8.68. The third-order valence-electron chi connectivity index (χ3n) is 3.90. The van der Waals surface area contributed by atoms with Gasteiger partial charge in [0.2, 0.25) is 0 Å². The van der Waals surface area contributed by atoms with Crippen LogP contribution in [0.25, 0.3) is 0 Å². The van der Waals surface area contributed by atoms with Crippen LogP contribution >= 0.6 is 0 Å². The highest BCUT2D eigenvalue weighted by molar-refractivity contribution is 7.92. The van der Waals surface area contributed by atoms with Crippen molar-refractivity contribution in [2.45, 2.75) is 70.2 Å². The number of hydrogen-bond acceptors (Lipinski definition) is 4. The fraction of sp³-hybridized carbons (Fsp3) is 1.00. The van der Waals surface area contributed by atoms with Gasteiger partial charge >= 0.3 is 0 Å². The average molecular weight is 290 g/mol. The molecular weight excluding hydrogens is 260 g/mol. The summed E-state index contributed by atoms with van der Waals surface area (Å²) in [6, 6.07) is 0.963.